The zero-order valence-corrected chi connectivity index (χ0v) is 8.33. The third-order valence-electron chi connectivity index (χ3n) is 2.63. The topological polar surface area (TPSA) is 39.7 Å². The molecule has 1 saturated heterocycles. The normalized spacial score (nSPS) is 18.3. The largest absolute Gasteiger partial charge is 0.399 e. The van der Waals surface area contributed by atoms with Gasteiger partial charge in [0.1, 0.15) is 19.6 Å². The monoisotopic (exact) mass is 193 g/mol. The molecule has 3 heteroatoms. The third kappa shape index (κ3) is 2.47. The Kier molecular flexibility index (Phi) is 3.01. The van der Waals surface area contributed by atoms with Crippen molar-refractivity contribution in [1.82, 2.24) is 0 Å². The molecule has 0 radical (unpaired) electrons. The van der Waals surface area contributed by atoms with Crippen LogP contribution in [-0.2, 0) is 11.3 Å². The van der Waals surface area contributed by atoms with Crippen LogP contribution >= 0.6 is 0 Å². The van der Waals surface area contributed by atoms with Crippen molar-refractivity contribution < 1.29 is 9.64 Å². The van der Waals surface area contributed by atoms with E-state index in [0.717, 1.165) is 38.5 Å². The molecule has 1 heterocycles. The van der Waals surface area contributed by atoms with E-state index in [9.17, 15) is 0 Å². The number of nitrogens with one attached hydrogen (secondary N) is 1. The minimum Gasteiger partial charge on any atom is -0.399 e. The second-order valence-corrected chi connectivity index (χ2v) is 3.78. The molecule has 0 bridgehead atoms. The Morgan fingerprint density at radius 2 is 1.79 bits per heavy atom. The molecular weight excluding hydrogens is 176 g/mol. The molecule has 0 unspecified atom stereocenters. The zero-order chi connectivity index (χ0) is 9.80. The van der Waals surface area contributed by atoms with Crippen LogP contribution in [0.1, 0.15) is 5.56 Å². The summed E-state index contributed by atoms with van der Waals surface area (Å²) in [6, 6.07) is 8.15. The number of quaternary nitrogens is 1. The second kappa shape index (κ2) is 4.44. The van der Waals surface area contributed by atoms with E-state index in [1.54, 1.807) is 4.90 Å². The van der Waals surface area contributed by atoms with Gasteiger partial charge in [0.05, 0.1) is 13.2 Å². The van der Waals surface area contributed by atoms with E-state index >= 15 is 0 Å². The van der Waals surface area contributed by atoms with Crippen molar-refractivity contribution in [2.24, 2.45) is 0 Å². The minimum absolute atomic E-state index is 0.839. The van der Waals surface area contributed by atoms with Gasteiger partial charge in [-0.15, -0.1) is 0 Å². The number of rotatable bonds is 2. The summed E-state index contributed by atoms with van der Waals surface area (Å²) in [5.41, 5.74) is 7.83. The molecule has 1 aromatic carbocycles. The lowest BCUT2D eigenvalue weighted by molar-refractivity contribution is -0.921. The summed E-state index contributed by atoms with van der Waals surface area (Å²) in [7, 11) is 0. The predicted octanol–water partition coefficient (Wildman–Crippen LogP) is -0.316. The summed E-state index contributed by atoms with van der Waals surface area (Å²) >= 11 is 0. The van der Waals surface area contributed by atoms with Crippen LogP contribution in [0.5, 0.6) is 0 Å². The van der Waals surface area contributed by atoms with E-state index < -0.39 is 0 Å². The van der Waals surface area contributed by atoms with Crippen LogP contribution in [0.2, 0.25) is 0 Å². The Bertz CT molecular complexity index is 278. The first-order valence-electron chi connectivity index (χ1n) is 5.10. The van der Waals surface area contributed by atoms with E-state index in [4.69, 9.17) is 10.5 Å². The van der Waals surface area contributed by atoms with Gasteiger partial charge in [-0.2, -0.15) is 0 Å². The maximum Gasteiger partial charge on any atom is 0.103 e. The van der Waals surface area contributed by atoms with Gasteiger partial charge in [-0.3, -0.25) is 0 Å². The molecular formula is C11H17N2O+. The van der Waals surface area contributed by atoms with E-state index in [2.05, 4.69) is 12.1 Å². The van der Waals surface area contributed by atoms with E-state index in [1.807, 2.05) is 12.1 Å². The fourth-order valence-electron chi connectivity index (χ4n) is 1.76. The molecule has 3 nitrogen and oxygen atoms in total. The molecule has 0 saturated carbocycles. The smallest absolute Gasteiger partial charge is 0.103 e. The molecule has 1 aliphatic heterocycles. The van der Waals surface area contributed by atoms with Crippen LogP contribution in [0.15, 0.2) is 24.3 Å². The fraction of sp³-hybridized carbons (Fsp3) is 0.455. The highest BCUT2D eigenvalue weighted by Gasteiger charge is 2.13. The number of morpholine rings is 1. The summed E-state index contributed by atoms with van der Waals surface area (Å²) < 4.78 is 5.32. The number of hydrogen-bond donors (Lipinski definition) is 2. The molecule has 0 amide bonds. The molecule has 2 rings (SSSR count). The summed E-state index contributed by atoms with van der Waals surface area (Å²) in [4.78, 5) is 1.60. The van der Waals surface area contributed by atoms with Crippen molar-refractivity contribution >= 4 is 5.69 Å². The van der Waals surface area contributed by atoms with Crippen molar-refractivity contribution in [3.05, 3.63) is 29.8 Å². The van der Waals surface area contributed by atoms with E-state index in [1.165, 1.54) is 5.56 Å². The van der Waals surface area contributed by atoms with Crippen LogP contribution < -0.4 is 10.6 Å². The number of benzene rings is 1. The number of hydrogen-bond acceptors (Lipinski definition) is 2. The molecule has 3 N–H and O–H groups in total. The SMILES string of the molecule is Nc1ccc(C[NH+]2CCOCC2)cc1. The maximum atomic E-state index is 5.63. The molecule has 1 aromatic rings. The van der Waals surface area contributed by atoms with Gasteiger partial charge in [-0.25, -0.2) is 0 Å². The average Bonchev–Trinajstić information content (AvgIpc) is 2.23. The Morgan fingerprint density at radius 1 is 1.14 bits per heavy atom. The molecule has 0 atom stereocenters. The first-order chi connectivity index (χ1) is 6.84. The van der Waals surface area contributed by atoms with Crippen LogP contribution in [0.3, 0.4) is 0 Å². The van der Waals surface area contributed by atoms with Gasteiger partial charge >= 0.3 is 0 Å². The molecule has 0 aliphatic carbocycles. The summed E-state index contributed by atoms with van der Waals surface area (Å²) in [6.07, 6.45) is 0. The lowest BCUT2D eigenvalue weighted by Crippen LogP contribution is -3.12. The van der Waals surface area contributed by atoms with Gasteiger partial charge in [0, 0.05) is 11.3 Å². The number of nitrogen functional groups attached to an aromatic ring is 1. The highest BCUT2D eigenvalue weighted by molar-refractivity contribution is 5.38. The Morgan fingerprint density at radius 3 is 2.43 bits per heavy atom. The van der Waals surface area contributed by atoms with E-state index in [-0.39, 0.29) is 0 Å². The van der Waals surface area contributed by atoms with Crippen LogP contribution in [-0.4, -0.2) is 26.3 Å². The van der Waals surface area contributed by atoms with Crippen LogP contribution in [0, 0.1) is 0 Å². The number of anilines is 1. The molecule has 76 valence electrons. The molecule has 1 fully saturated rings. The van der Waals surface area contributed by atoms with Crippen molar-refractivity contribution in [2.45, 2.75) is 6.54 Å². The molecule has 1 aliphatic rings. The van der Waals surface area contributed by atoms with Crippen LogP contribution in [0.25, 0.3) is 0 Å². The summed E-state index contributed by atoms with van der Waals surface area (Å²) in [5, 5.41) is 0. The van der Waals surface area contributed by atoms with Crippen molar-refractivity contribution in [2.75, 3.05) is 32.0 Å². The highest BCUT2D eigenvalue weighted by atomic mass is 16.5. The van der Waals surface area contributed by atoms with Crippen molar-refractivity contribution in [1.29, 1.82) is 0 Å². The Balaban J connectivity index is 1.92. The quantitative estimate of drug-likeness (QED) is 0.632. The predicted molar refractivity (Wildman–Crippen MR) is 56.1 cm³/mol. The summed E-state index contributed by atoms with van der Waals surface area (Å²) in [6.45, 7) is 5.10. The van der Waals surface area contributed by atoms with Gasteiger partial charge < -0.3 is 15.4 Å². The first-order valence-corrected chi connectivity index (χ1v) is 5.10. The molecule has 0 spiro atoms. The van der Waals surface area contributed by atoms with Gasteiger partial charge in [-0.05, 0) is 12.1 Å². The summed E-state index contributed by atoms with van der Waals surface area (Å²) in [5.74, 6) is 0. The second-order valence-electron chi connectivity index (χ2n) is 3.78. The van der Waals surface area contributed by atoms with Gasteiger partial charge in [-0.1, -0.05) is 12.1 Å². The number of ether oxygens (including phenoxy) is 1. The maximum absolute atomic E-state index is 5.63. The van der Waals surface area contributed by atoms with Gasteiger partial charge in [0.2, 0.25) is 0 Å². The first kappa shape index (κ1) is 9.49. The Labute approximate surface area is 84.5 Å². The van der Waals surface area contributed by atoms with Gasteiger partial charge in [0.25, 0.3) is 0 Å². The van der Waals surface area contributed by atoms with Crippen LogP contribution in [0.4, 0.5) is 5.69 Å². The third-order valence-corrected chi connectivity index (χ3v) is 2.63. The Hall–Kier alpha value is -1.06. The molecule has 0 aromatic heterocycles. The van der Waals surface area contributed by atoms with Gasteiger partial charge in [0.15, 0.2) is 0 Å². The number of nitrogens with two attached hydrogens (primary N) is 1. The molecule has 14 heavy (non-hydrogen) atoms. The van der Waals surface area contributed by atoms with Crippen molar-refractivity contribution in [3.8, 4) is 0 Å². The highest BCUT2D eigenvalue weighted by Crippen LogP contribution is 2.03. The fourth-order valence-corrected chi connectivity index (χ4v) is 1.76. The lowest BCUT2D eigenvalue weighted by Gasteiger charge is -2.23. The lowest BCUT2D eigenvalue weighted by atomic mass is 10.2. The standard InChI is InChI=1S/C11H16N2O/c12-11-3-1-10(2-4-11)9-13-5-7-14-8-6-13/h1-4H,5-9,12H2/p+1. The minimum atomic E-state index is 0.839. The zero-order valence-electron chi connectivity index (χ0n) is 8.33. The van der Waals surface area contributed by atoms with Crippen molar-refractivity contribution in [3.63, 3.8) is 0 Å². The average molecular weight is 193 g/mol. The van der Waals surface area contributed by atoms with E-state index in [0.29, 0.717) is 0 Å².